The summed E-state index contributed by atoms with van der Waals surface area (Å²) in [7, 11) is -3.62. The number of anilines is 1. The SMILES string of the molecule is O=C(Nc1ccc(Br)cc1)c1sccc1S(=O)(=O)N1CCCCC1. The Bertz CT molecular complexity index is 825. The molecule has 1 aliphatic rings. The van der Waals surface area contributed by atoms with Crippen molar-refractivity contribution >= 4 is 48.9 Å². The van der Waals surface area contributed by atoms with Gasteiger partial charge in [0.2, 0.25) is 10.0 Å². The number of carbonyl (C=O) groups is 1. The maximum atomic E-state index is 12.8. The quantitative estimate of drug-likeness (QED) is 0.801. The summed E-state index contributed by atoms with van der Waals surface area (Å²) in [5, 5.41) is 4.40. The van der Waals surface area contributed by atoms with Gasteiger partial charge in [-0.05, 0) is 48.6 Å². The van der Waals surface area contributed by atoms with Crippen LogP contribution < -0.4 is 5.32 Å². The van der Waals surface area contributed by atoms with E-state index in [0.29, 0.717) is 18.8 Å². The Hall–Kier alpha value is -1.22. The van der Waals surface area contributed by atoms with Crippen LogP contribution in [0.2, 0.25) is 0 Å². The lowest BCUT2D eigenvalue weighted by molar-refractivity contribution is 0.102. The number of hydrogen-bond acceptors (Lipinski definition) is 4. The minimum absolute atomic E-state index is 0.101. The fourth-order valence-corrected chi connectivity index (χ4v) is 5.71. The van der Waals surface area contributed by atoms with Crippen molar-refractivity contribution in [2.75, 3.05) is 18.4 Å². The van der Waals surface area contributed by atoms with Gasteiger partial charge in [-0.1, -0.05) is 22.4 Å². The van der Waals surface area contributed by atoms with Crippen molar-refractivity contribution in [1.82, 2.24) is 4.31 Å². The smallest absolute Gasteiger partial charge is 0.267 e. The second-order valence-corrected chi connectivity index (χ2v) is 9.28. The van der Waals surface area contributed by atoms with E-state index in [0.717, 1.165) is 35.1 Å². The van der Waals surface area contributed by atoms with Crippen LogP contribution in [0, 0.1) is 0 Å². The van der Waals surface area contributed by atoms with E-state index in [9.17, 15) is 13.2 Å². The van der Waals surface area contributed by atoms with Gasteiger partial charge in [0.15, 0.2) is 0 Å². The van der Waals surface area contributed by atoms with E-state index in [1.54, 1.807) is 17.5 Å². The van der Waals surface area contributed by atoms with Crippen molar-refractivity contribution in [2.24, 2.45) is 0 Å². The van der Waals surface area contributed by atoms with Gasteiger partial charge in [-0.15, -0.1) is 11.3 Å². The first-order chi connectivity index (χ1) is 11.5. The van der Waals surface area contributed by atoms with Crippen LogP contribution in [0.5, 0.6) is 0 Å². The number of sulfonamides is 1. The van der Waals surface area contributed by atoms with Crippen LogP contribution in [0.25, 0.3) is 0 Å². The van der Waals surface area contributed by atoms with Crippen LogP contribution in [-0.2, 0) is 10.0 Å². The summed E-state index contributed by atoms with van der Waals surface area (Å²) < 4.78 is 28.0. The van der Waals surface area contributed by atoms with Crippen molar-refractivity contribution in [3.8, 4) is 0 Å². The first kappa shape index (κ1) is 17.6. The lowest BCUT2D eigenvalue weighted by Crippen LogP contribution is -2.36. The zero-order valence-electron chi connectivity index (χ0n) is 12.9. The standard InChI is InChI=1S/C16H17BrN2O3S2/c17-12-4-6-13(7-5-12)18-16(20)15-14(8-11-23-15)24(21,22)19-9-2-1-3-10-19/h4-8,11H,1-3,9-10H2,(H,18,20). The van der Waals surface area contributed by atoms with Gasteiger partial charge in [0.1, 0.15) is 9.77 Å². The fraction of sp³-hybridized carbons (Fsp3) is 0.312. The molecule has 1 saturated heterocycles. The molecular formula is C16H17BrN2O3S2. The molecule has 1 fully saturated rings. The second-order valence-electron chi connectivity index (χ2n) is 5.54. The molecule has 1 amide bonds. The van der Waals surface area contributed by atoms with Crippen molar-refractivity contribution in [3.63, 3.8) is 0 Å². The van der Waals surface area contributed by atoms with E-state index in [-0.39, 0.29) is 9.77 Å². The zero-order valence-corrected chi connectivity index (χ0v) is 16.1. The van der Waals surface area contributed by atoms with Crippen LogP contribution in [0.15, 0.2) is 45.1 Å². The molecule has 0 aliphatic carbocycles. The number of nitrogens with zero attached hydrogens (tertiary/aromatic N) is 1. The fourth-order valence-electron chi connectivity index (χ4n) is 2.63. The molecule has 24 heavy (non-hydrogen) atoms. The molecule has 0 radical (unpaired) electrons. The van der Waals surface area contributed by atoms with E-state index < -0.39 is 15.9 Å². The van der Waals surface area contributed by atoms with Gasteiger partial charge in [0, 0.05) is 23.2 Å². The highest BCUT2D eigenvalue weighted by Gasteiger charge is 2.30. The zero-order chi connectivity index (χ0) is 17.2. The van der Waals surface area contributed by atoms with E-state index in [4.69, 9.17) is 0 Å². The Morgan fingerprint density at radius 3 is 2.42 bits per heavy atom. The molecule has 1 aromatic heterocycles. The Kier molecular flexibility index (Phi) is 5.39. The molecular weight excluding hydrogens is 412 g/mol. The minimum atomic E-state index is -3.62. The van der Waals surface area contributed by atoms with E-state index >= 15 is 0 Å². The molecule has 0 spiro atoms. The number of amides is 1. The summed E-state index contributed by atoms with van der Waals surface area (Å²) in [6.07, 6.45) is 2.78. The molecule has 0 unspecified atom stereocenters. The number of benzene rings is 1. The summed E-state index contributed by atoms with van der Waals surface area (Å²) in [5.74, 6) is -0.400. The van der Waals surface area contributed by atoms with Crippen molar-refractivity contribution in [1.29, 1.82) is 0 Å². The number of carbonyl (C=O) groups excluding carboxylic acids is 1. The minimum Gasteiger partial charge on any atom is -0.321 e. The van der Waals surface area contributed by atoms with Gasteiger partial charge in [0.25, 0.3) is 5.91 Å². The third-order valence-corrected chi connectivity index (χ3v) is 7.38. The second kappa shape index (κ2) is 7.35. The molecule has 8 heteroatoms. The summed E-state index contributed by atoms with van der Waals surface area (Å²) in [6.45, 7) is 1.04. The number of halogens is 1. The van der Waals surface area contributed by atoms with Crippen LogP contribution in [0.3, 0.4) is 0 Å². The highest BCUT2D eigenvalue weighted by Crippen LogP contribution is 2.28. The van der Waals surface area contributed by atoms with Gasteiger partial charge < -0.3 is 5.32 Å². The number of nitrogens with one attached hydrogen (secondary N) is 1. The van der Waals surface area contributed by atoms with Crippen molar-refractivity contribution in [2.45, 2.75) is 24.2 Å². The lowest BCUT2D eigenvalue weighted by Gasteiger charge is -2.25. The maximum Gasteiger partial charge on any atom is 0.267 e. The highest BCUT2D eigenvalue weighted by atomic mass is 79.9. The van der Waals surface area contributed by atoms with E-state index in [2.05, 4.69) is 21.2 Å². The first-order valence-electron chi connectivity index (χ1n) is 7.63. The van der Waals surface area contributed by atoms with Crippen LogP contribution >= 0.6 is 27.3 Å². The van der Waals surface area contributed by atoms with E-state index in [1.807, 2.05) is 12.1 Å². The van der Waals surface area contributed by atoms with Crippen molar-refractivity contribution in [3.05, 3.63) is 45.1 Å². The molecule has 1 aliphatic heterocycles. The third kappa shape index (κ3) is 3.72. The summed E-state index contributed by atoms with van der Waals surface area (Å²) in [5.41, 5.74) is 0.623. The predicted molar refractivity (Wildman–Crippen MR) is 99.0 cm³/mol. The Morgan fingerprint density at radius 2 is 1.75 bits per heavy atom. The van der Waals surface area contributed by atoms with Gasteiger partial charge in [-0.3, -0.25) is 4.79 Å². The Morgan fingerprint density at radius 1 is 1.08 bits per heavy atom. The Balaban J connectivity index is 1.84. The molecule has 1 aromatic carbocycles. The maximum absolute atomic E-state index is 12.8. The summed E-state index contributed by atoms with van der Waals surface area (Å²) >= 11 is 4.48. The highest BCUT2D eigenvalue weighted by molar-refractivity contribution is 9.10. The van der Waals surface area contributed by atoms with Gasteiger partial charge in [-0.25, -0.2) is 8.42 Å². The average molecular weight is 429 g/mol. The number of piperidine rings is 1. The largest absolute Gasteiger partial charge is 0.321 e. The molecule has 0 atom stereocenters. The molecule has 0 saturated carbocycles. The van der Waals surface area contributed by atoms with Crippen LogP contribution in [0.1, 0.15) is 28.9 Å². The normalized spacial score (nSPS) is 16.0. The third-order valence-electron chi connectivity index (χ3n) is 3.87. The number of rotatable bonds is 4. The Labute approximate surface area is 153 Å². The first-order valence-corrected chi connectivity index (χ1v) is 10.7. The predicted octanol–water partition coefficient (Wildman–Crippen LogP) is 3.94. The van der Waals surface area contributed by atoms with Crippen LogP contribution in [-0.4, -0.2) is 31.7 Å². The van der Waals surface area contributed by atoms with Gasteiger partial charge in [0.05, 0.1) is 0 Å². The molecule has 2 aromatic rings. The van der Waals surface area contributed by atoms with Crippen LogP contribution in [0.4, 0.5) is 5.69 Å². The van der Waals surface area contributed by atoms with Crippen molar-refractivity contribution < 1.29 is 13.2 Å². The molecule has 2 heterocycles. The van der Waals surface area contributed by atoms with Gasteiger partial charge in [-0.2, -0.15) is 4.31 Å². The summed E-state index contributed by atoms with van der Waals surface area (Å²) in [4.78, 5) is 12.8. The molecule has 3 rings (SSSR count). The monoisotopic (exact) mass is 428 g/mol. The molecule has 5 nitrogen and oxygen atoms in total. The summed E-state index contributed by atoms with van der Waals surface area (Å²) in [6, 6.07) is 8.67. The molecule has 1 N–H and O–H groups in total. The van der Waals surface area contributed by atoms with E-state index in [1.165, 1.54) is 10.4 Å². The molecule has 128 valence electrons. The van der Waals surface area contributed by atoms with Gasteiger partial charge >= 0.3 is 0 Å². The lowest BCUT2D eigenvalue weighted by atomic mass is 10.2. The topological polar surface area (TPSA) is 66.5 Å². The number of hydrogen-bond donors (Lipinski definition) is 1. The number of thiophene rings is 1. The average Bonchev–Trinajstić information content (AvgIpc) is 3.08. The molecule has 0 bridgehead atoms.